The molecule has 33 heavy (non-hydrogen) atoms. The number of anilines is 3. The highest BCUT2D eigenvalue weighted by atomic mass is 19.1. The van der Waals surface area contributed by atoms with E-state index in [1.165, 1.54) is 12.4 Å². The van der Waals surface area contributed by atoms with Crippen LogP contribution < -0.4 is 15.4 Å². The van der Waals surface area contributed by atoms with E-state index in [1.54, 1.807) is 37.3 Å². The summed E-state index contributed by atoms with van der Waals surface area (Å²) in [5, 5.41) is 6.86. The molecule has 0 spiro atoms. The number of fused-ring (bicyclic) bond motifs is 1. The number of ether oxygens (including phenoxy) is 1. The van der Waals surface area contributed by atoms with Crippen LogP contribution in [0.1, 0.15) is 25.3 Å². The van der Waals surface area contributed by atoms with Crippen molar-refractivity contribution in [3.8, 4) is 5.75 Å². The van der Waals surface area contributed by atoms with Crippen LogP contribution in [-0.4, -0.2) is 47.0 Å². The van der Waals surface area contributed by atoms with Gasteiger partial charge >= 0.3 is 0 Å². The molecule has 0 saturated carbocycles. The minimum atomic E-state index is -0.267. The molecule has 1 aliphatic rings. The molecule has 1 saturated heterocycles. The van der Waals surface area contributed by atoms with Crippen LogP contribution in [0.4, 0.5) is 21.6 Å². The van der Waals surface area contributed by atoms with Crippen LogP contribution in [0, 0.1) is 12.7 Å². The second-order valence-corrected chi connectivity index (χ2v) is 8.15. The van der Waals surface area contributed by atoms with Crippen LogP contribution in [-0.2, 0) is 4.79 Å². The van der Waals surface area contributed by atoms with Gasteiger partial charge in [-0.2, -0.15) is 0 Å². The van der Waals surface area contributed by atoms with Gasteiger partial charge < -0.3 is 15.4 Å². The monoisotopic (exact) mass is 449 g/mol. The van der Waals surface area contributed by atoms with Gasteiger partial charge in [-0.3, -0.25) is 9.69 Å². The summed E-state index contributed by atoms with van der Waals surface area (Å²) in [7, 11) is 2.06. The zero-order chi connectivity index (χ0) is 23.4. The standard InChI is InChI=1S/C25H28FN5O2/c1-4-33-23-14-21-19(13-22(23)30-24(32)10-8-18-6-5-11-31(18)3)25(28-15-27-21)29-17-7-9-20(26)16(2)12-17/h7-10,12-15,18H,4-6,11H2,1-3H3,(H,30,32)(H,27,28,29)/b10-8+/t18-/m0/s1. The van der Waals surface area contributed by atoms with Crippen LogP contribution >= 0.6 is 0 Å². The summed E-state index contributed by atoms with van der Waals surface area (Å²) < 4.78 is 19.4. The number of nitrogens with one attached hydrogen (secondary N) is 2. The minimum Gasteiger partial charge on any atom is -0.492 e. The smallest absolute Gasteiger partial charge is 0.248 e. The molecule has 7 nitrogen and oxygen atoms in total. The lowest BCUT2D eigenvalue weighted by molar-refractivity contribution is -0.111. The lowest BCUT2D eigenvalue weighted by Gasteiger charge is -2.16. The SMILES string of the molecule is CCOc1cc2ncnc(Nc3ccc(F)c(C)c3)c2cc1NC(=O)/C=C/[C@@H]1CCCN1C. The molecular formula is C25H28FN5O2. The van der Waals surface area contributed by atoms with Crippen molar-refractivity contribution in [2.24, 2.45) is 0 Å². The molecule has 0 radical (unpaired) electrons. The van der Waals surface area contributed by atoms with Gasteiger partial charge in [0.1, 0.15) is 23.7 Å². The molecule has 1 amide bonds. The second kappa shape index (κ2) is 9.95. The van der Waals surface area contributed by atoms with Gasteiger partial charge in [-0.15, -0.1) is 0 Å². The average molecular weight is 450 g/mol. The molecule has 2 N–H and O–H groups in total. The van der Waals surface area contributed by atoms with Crippen LogP contribution in [0.2, 0.25) is 0 Å². The van der Waals surface area contributed by atoms with E-state index in [0.717, 1.165) is 19.4 Å². The Hall–Kier alpha value is -3.52. The first kappa shape index (κ1) is 22.7. The summed E-state index contributed by atoms with van der Waals surface area (Å²) in [6, 6.07) is 8.64. The fourth-order valence-electron chi connectivity index (χ4n) is 3.97. The zero-order valence-corrected chi connectivity index (χ0v) is 19.1. The number of halogens is 1. The molecule has 0 bridgehead atoms. The van der Waals surface area contributed by atoms with E-state index in [2.05, 4.69) is 32.5 Å². The van der Waals surface area contributed by atoms with E-state index in [0.29, 0.717) is 46.0 Å². The van der Waals surface area contributed by atoms with Crippen molar-refractivity contribution in [3.63, 3.8) is 0 Å². The van der Waals surface area contributed by atoms with Crippen molar-refractivity contribution in [2.75, 3.05) is 30.8 Å². The topological polar surface area (TPSA) is 79.4 Å². The average Bonchev–Trinajstić information content (AvgIpc) is 3.20. The molecule has 8 heteroatoms. The number of nitrogens with zero attached hydrogens (tertiary/aromatic N) is 3. The van der Waals surface area contributed by atoms with E-state index in [1.807, 2.05) is 13.0 Å². The molecule has 1 fully saturated rings. The molecule has 2 heterocycles. The van der Waals surface area contributed by atoms with Gasteiger partial charge in [0.2, 0.25) is 5.91 Å². The van der Waals surface area contributed by atoms with E-state index in [4.69, 9.17) is 4.74 Å². The number of aromatic nitrogens is 2. The highest BCUT2D eigenvalue weighted by molar-refractivity contribution is 6.03. The number of carbonyl (C=O) groups is 1. The number of benzene rings is 2. The van der Waals surface area contributed by atoms with Gasteiger partial charge in [0.15, 0.2) is 0 Å². The summed E-state index contributed by atoms with van der Waals surface area (Å²) in [5.74, 6) is 0.590. The number of rotatable bonds is 7. The van der Waals surface area contributed by atoms with E-state index < -0.39 is 0 Å². The Labute approximate surface area is 192 Å². The highest BCUT2D eigenvalue weighted by Gasteiger charge is 2.18. The van der Waals surface area contributed by atoms with Crippen molar-refractivity contribution >= 4 is 34.0 Å². The Kier molecular flexibility index (Phi) is 6.84. The fraction of sp³-hybridized carbons (Fsp3) is 0.320. The third kappa shape index (κ3) is 5.28. The predicted octanol–water partition coefficient (Wildman–Crippen LogP) is 4.81. The molecule has 2 aromatic carbocycles. The zero-order valence-electron chi connectivity index (χ0n) is 19.1. The lowest BCUT2D eigenvalue weighted by Crippen LogP contribution is -2.23. The molecular weight excluding hydrogens is 421 g/mol. The van der Waals surface area contributed by atoms with Crippen molar-refractivity contribution in [1.29, 1.82) is 0 Å². The Balaban J connectivity index is 1.63. The summed E-state index contributed by atoms with van der Waals surface area (Å²) >= 11 is 0. The number of hydrogen-bond donors (Lipinski definition) is 2. The molecule has 0 aliphatic carbocycles. The van der Waals surface area contributed by atoms with E-state index >= 15 is 0 Å². The van der Waals surface area contributed by atoms with Gasteiger partial charge in [-0.1, -0.05) is 6.08 Å². The number of amides is 1. The Morgan fingerprint density at radius 1 is 1.30 bits per heavy atom. The van der Waals surface area contributed by atoms with Crippen molar-refractivity contribution in [2.45, 2.75) is 32.7 Å². The van der Waals surface area contributed by atoms with Crippen molar-refractivity contribution < 1.29 is 13.9 Å². The maximum Gasteiger partial charge on any atom is 0.248 e. The molecule has 1 aromatic heterocycles. The fourth-order valence-corrected chi connectivity index (χ4v) is 3.97. The number of carbonyl (C=O) groups excluding carboxylic acids is 1. The molecule has 0 unspecified atom stereocenters. The van der Waals surface area contributed by atoms with Crippen LogP contribution in [0.5, 0.6) is 5.75 Å². The van der Waals surface area contributed by atoms with Crippen LogP contribution in [0.3, 0.4) is 0 Å². The molecule has 1 atom stereocenters. The van der Waals surface area contributed by atoms with E-state index in [-0.39, 0.29) is 17.8 Å². The van der Waals surface area contributed by atoms with Gasteiger partial charge in [-0.25, -0.2) is 14.4 Å². The second-order valence-electron chi connectivity index (χ2n) is 8.15. The Morgan fingerprint density at radius 2 is 2.15 bits per heavy atom. The number of hydrogen-bond acceptors (Lipinski definition) is 6. The number of aryl methyl sites for hydroxylation is 1. The predicted molar refractivity (Wildman–Crippen MR) is 129 cm³/mol. The van der Waals surface area contributed by atoms with Crippen LogP contribution in [0.15, 0.2) is 48.8 Å². The maximum atomic E-state index is 13.6. The van der Waals surface area contributed by atoms with E-state index in [9.17, 15) is 9.18 Å². The Bertz CT molecular complexity index is 1200. The lowest BCUT2D eigenvalue weighted by atomic mass is 10.1. The molecule has 172 valence electrons. The largest absolute Gasteiger partial charge is 0.492 e. The first-order valence-electron chi connectivity index (χ1n) is 11.1. The quantitative estimate of drug-likeness (QED) is 0.504. The summed E-state index contributed by atoms with van der Waals surface area (Å²) in [6.07, 6.45) is 7.16. The molecule has 1 aliphatic heterocycles. The number of likely N-dealkylation sites (N-methyl/N-ethyl adjacent to an activating group) is 1. The molecule has 4 rings (SSSR count). The maximum absolute atomic E-state index is 13.6. The van der Waals surface area contributed by atoms with Gasteiger partial charge in [0, 0.05) is 29.3 Å². The minimum absolute atomic E-state index is 0.226. The summed E-state index contributed by atoms with van der Waals surface area (Å²) in [5.41, 5.74) is 2.43. The van der Waals surface area contributed by atoms with Crippen molar-refractivity contribution in [3.05, 3.63) is 60.2 Å². The Morgan fingerprint density at radius 3 is 2.88 bits per heavy atom. The van der Waals surface area contributed by atoms with Gasteiger partial charge in [0.05, 0.1) is 17.8 Å². The first-order valence-corrected chi connectivity index (χ1v) is 11.1. The number of likely N-dealkylation sites (tertiary alicyclic amines) is 1. The third-order valence-electron chi connectivity index (χ3n) is 5.76. The van der Waals surface area contributed by atoms with Gasteiger partial charge in [0.25, 0.3) is 0 Å². The van der Waals surface area contributed by atoms with Crippen LogP contribution in [0.25, 0.3) is 10.9 Å². The third-order valence-corrected chi connectivity index (χ3v) is 5.76. The highest BCUT2D eigenvalue weighted by Crippen LogP contribution is 2.33. The molecule has 3 aromatic rings. The van der Waals surface area contributed by atoms with Gasteiger partial charge in [-0.05, 0) is 70.1 Å². The van der Waals surface area contributed by atoms with Crippen molar-refractivity contribution in [1.82, 2.24) is 14.9 Å². The summed E-state index contributed by atoms with van der Waals surface area (Å²) in [6.45, 7) is 5.08. The summed E-state index contributed by atoms with van der Waals surface area (Å²) in [4.78, 5) is 23.6. The normalized spacial score (nSPS) is 16.4. The first-order chi connectivity index (χ1) is 15.9.